The summed E-state index contributed by atoms with van der Waals surface area (Å²) in [7, 11) is 1.24. The first-order valence-electron chi connectivity index (χ1n) is 10.2. The first kappa shape index (κ1) is 26.1. The maximum absolute atomic E-state index is 14.2. The number of ether oxygens (including phenoxy) is 1. The number of benzene rings is 2. The SMILES string of the molecule is CN1C(=O)OC(CNC(=O)c2ccc(C3=NOC(c4cc(Cl)cc(Cl)c4)(C(F)(F)F)C3)cc2Cl)C1=O. The van der Waals surface area contributed by atoms with E-state index in [0.29, 0.717) is 0 Å². The minimum Gasteiger partial charge on any atom is -0.434 e. The fourth-order valence-electron chi connectivity index (χ4n) is 3.69. The van der Waals surface area contributed by atoms with E-state index in [1.807, 2.05) is 0 Å². The first-order valence-corrected chi connectivity index (χ1v) is 11.3. The molecule has 2 atom stereocenters. The number of carbonyl (C=O) groups is 3. The van der Waals surface area contributed by atoms with E-state index in [4.69, 9.17) is 44.4 Å². The van der Waals surface area contributed by atoms with E-state index in [9.17, 15) is 27.6 Å². The van der Waals surface area contributed by atoms with E-state index in [0.717, 1.165) is 17.0 Å². The molecule has 0 spiro atoms. The molecule has 2 unspecified atom stereocenters. The van der Waals surface area contributed by atoms with Gasteiger partial charge in [-0.3, -0.25) is 9.59 Å². The van der Waals surface area contributed by atoms with Crippen LogP contribution in [0.25, 0.3) is 0 Å². The van der Waals surface area contributed by atoms with Crippen LogP contribution in [-0.2, 0) is 20.0 Å². The van der Waals surface area contributed by atoms with Gasteiger partial charge in [0, 0.05) is 34.6 Å². The second-order valence-electron chi connectivity index (χ2n) is 7.96. The Morgan fingerprint density at radius 3 is 2.39 bits per heavy atom. The second-order valence-corrected chi connectivity index (χ2v) is 9.24. The third-order valence-corrected chi connectivity index (χ3v) is 6.38. The lowest BCUT2D eigenvalue weighted by atomic mass is 9.86. The molecule has 190 valence electrons. The Bertz CT molecular complexity index is 1280. The van der Waals surface area contributed by atoms with Crippen LogP contribution in [0.15, 0.2) is 41.6 Å². The zero-order chi connectivity index (χ0) is 26.4. The number of hydrogen-bond donors (Lipinski definition) is 1. The maximum Gasteiger partial charge on any atom is 0.435 e. The Morgan fingerprint density at radius 2 is 1.83 bits per heavy atom. The number of nitrogens with zero attached hydrogens (tertiary/aromatic N) is 2. The highest BCUT2D eigenvalue weighted by atomic mass is 35.5. The predicted octanol–water partition coefficient (Wildman–Crippen LogP) is 4.94. The van der Waals surface area contributed by atoms with Gasteiger partial charge in [-0.25, -0.2) is 9.69 Å². The summed E-state index contributed by atoms with van der Waals surface area (Å²) in [6.45, 7) is -0.289. The van der Waals surface area contributed by atoms with Crippen molar-refractivity contribution in [3.8, 4) is 0 Å². The molecule has 0 radical (unpaired) electrons. The molecular formula is C22H15Cl3F3N3O5. The lowest BCUT2D eigenvalue weighted by molar-refractivity contribution is -0.275. The molecule has 0 aromatic heterocycles. The van der Waals surface area contributed by atoms with E-state index in [1.54, 1.807) is 0 Å². The number of amides is 3. The van der Waals surface area contributed by atoms with Gasteiger partial charge in [0.15, 0.2) is 6.10 Å². The number of hydrogen-bond acceptors (Lipinski definition) is 6. The van der Waals surface area contributed by atoms with Crippen molar-refractivity contribution in [2.24, 2.45) is 5.16 Å². The van der Waals surface area contributed by atoms with Crippen LogP contribution in [0.1, 0.15) is 27.9 Å². The first-order chi connectivity index (χ1) is 16.8. The molecule has 1 saturated heterocycles. The van der Waals surface area contributed by atoms with Crippen LogP contribution in [-0.4, -0.2) is 54.4 Å². The van der Waals surface area contributed by atoms with Crippen molar-refractivity contribution in [3.63, 3.8) is 0 Å². The van der Waals surface area contributed by atoms with Gasteiger partial charge < -0.3 is 14.9 Å². The molecule has 3 amide bonds. The van der Waals surface area contributed by atoms with Gasteiger partial charge in [0.2, 0.25) is 0 Å². The van der Waals surface area contributed by atoms with Crippen LogP contribution in [0.2, 0.25) is 15.1 Å². The van der Waals surface area contributed by atoms with E-state index < -0.39 is 42.2 Å². The number of oxime groups is 1. The molecule has 8 nitrogen and oxygen atoms in total. The number of rotatable bonds is 5. The lowest BCUT2D eigenvalue weighted by Gasteiger charge is -2.29. The van der Waals surface area contributed by atoms with Crippen molar-refractivity contribution in [1.29, 1.82) is 0 Å². The standard InChI is InChI=1S/C22H15Cl3F3N3O5/c1-31-19(33)17(35-20(31)34)9-29-18(32)14-3-2-10(4-15(14)25)16-8-21(36-30-16,22(26,27)28)11-5-12(23)7-13(24)6-11/h2-7,17H,8-9H2,1H3,(H,29,32). The van der Waals surface area contributed by atoms with E-state index in [1.165, 1.54) is 31.3 Å². The topological polar surface area (TPSA) is 97.3 Å². The fraction of sp³-hybridized carbons (Fsp3) is 0.273. The van der Waals surface area contributed by atoms with Gasteiger partial charge in [0.25, 0.3) is 17.4 Å². The van der Waals surface area contributed by atoms with Gasteiger partial charge in [-0.2, -0.15) is 13.2 Å². The van der Waals surface area contributed by atoms with E-state index in [-0.39, 0.29) is 44.0 Å². The monoisotopic (exact) mass is 563 g/mol. The van der Waals surface area contributed by atoms with Gasteiger partial charge in [0.1, 0.15) is 0 Å². The number of nitrogens with one attached hydrogen (secondary N) is 1. The van der Waals surface area contributed by atoms with Gasteiger partial charge in [-0.1, -0.05) is 46.0 Å². The van der Waals surface area contributed by atoms with Crippen LogP contribution >= 0.6 is 34.8 Å². The van der Waals surface area contributed by atoms with Crippen LogP contribution in [0.3, 0.4) is 0 Å². The van der Waals surface area contributed by atoms with Crippen molar-refractivity contribution in [3.05, 3.63) is 68.2 Å². The zero-order valence-electron chi connectivity index (χ0n) is 18.2. The van der Waals surface area contributed by atoms with Crippen molar-refractivity contribution in [1.82, 2.24) is 10.2 Å². The summed E-state index contributed by atoms with van der Waals surface area (Å²) >= 11 is 18.0. The molecule has 2 aliphatic heterocycles. The van der Waals surface area contributed by atoms with Crippen LogP contribution in [0.4, 0.5) is 18.0 Å². The molecule has 14 heteroatoms. The smallest absolute Gasteiger partial charge is 0.434 e. The zero-order valence-corrected chi connectivity index (χ0v) is 20.4. The molecule has 2 aromatic rings. The van der Waals surface area contributed by atoms with Crippen LogP contribution in [0, 0.1) is 0 Å². The normalized spacial score (nSPS) is 21.8. The highest BCUT2D eigenvalue weighted by molar-refractivity contribution is 6.35. The summed E-state index contributed by atoms with van der Waals surface area (Å²) in [5.41, 5.74) is -3.03. The molecular weight excluding hydrogens is 550 g/mol. The number of carbonyl (C=O) groups excluding carboxylic acids is 3. The third kappa shape index (κ3) is 4.70. The van der Waals surface area contributed by atoms with Gasteiger partial charge in [-0.05, 0) is 30.3 Å². The van der Waals surface area contributed by atoms with Gasteiger partial charge >= 0.3 is 12.3 Å². The van der Waals surface area contributed by atoms with Crippen LogP contribution < -0.4 is 5.32 Å². The molecule has 0 aliphatic carbocycles. The number of imide groups is 1. The fourth-order valence-corrected chi connectivity index (χ4v) is 4.48. The maximum atomic E-state index is 14.2. The minimum absolute atomic E-state index is 0.00250. The molecule has 2 heterocycles. The Kier molecular flexibility index (Phi) is 6.84. The summed E-state index contributed by atoms with van der Waals surface area (Å²) in [5.74, 6) is -1.30. The largest absolute Gasteiger partial charge is 0.435 e. The van der Waals surface area contributed by atoms with Crippen molar-refractivity contribution >= 4 is 58.4 Å². The van der Waals surface area contributed by atoms with Crippen molar-refractivity contribution in [2.45, 2.75) is 24.3 Å². The van der Waals surface area contributed by atoms with Crippen molar-refractivity contribution < 1.29 is 37.1 Å². The van der Waals surface area contributed by atoms with Crippen molar-refractivity contribution in [2.75, 3.05) is 13.6 Å². The summed E-state index contributed by atoms with van der Waals surface area (Å²) in [5, 5.41) is 5.99. The highest BCUT2D eigenvalue weighted by Gasteiger charge is 2.62. The summed E-state index contributed by atoms with van der Waals surface area (Å²) < 4.78 is 47.4. The van der Waals surface area contributed by atoms with Gasteiger partial charge in [0.05, 0.1) is 22.8 Å². The lowest BCUT2D eigenvalue weighted by Crippen LogP contribution is -2.42. The average Bonchev–Trinajstić information content (AvgIpc) is 3.35. The quantitative estimate of drug-likeness (QED) is 0.555. The molecule has 0 bridgehead atoms. The highest BCUT2D eigenvalue weighted by Crippen LogP contribution is 2.49. The molecule has 0 saturated carbocycles. The molecule has 1 fully saturated rings. The number of likely N-dealkylation sites (N-methyl/N-ethyl adjacent to an activating group) is 1. The average molecular weight is 565 g/mol. The van der Waals surface area contributed by atoms with E-state index >= 15 is 0 Å². The third-order valence-electron chi connectivity index (χ3n) is 5.63. The molecule has 36 heavy (non-hydrogen) atoms. The molecule has 4 rings (SSSR count). The summed E-state index contributed by atoms with van der Waals surface area (Å²) in [4.78, 5) is 41.5. The van der Waals surface area contributed by atoms with Gasteiger partial charge in [-0.15, -0.1) is 0 Å². The van der Waals surface area contributed by atoms with Crippen LogP contribution in [0.5, 0.6) is 0 Å². The second kappa shape index (κ2) is 9.45. The predicted molar refractivity (Wildman–Crippen MR) is 123 cm³/mol. The minimum atomic E-state index is -4.87. The summed E-state index contributed by atoms with van der Waals surface area (Å²) in [6.07, 6.45) is -7.58. The number of halogens is 6. The molecule has 2 aliphatic rings. The number of alkyl halides is 3. The molecule has 1 N–H and O–H groups in total. The van der Waals surface area contributed by atoms with E-state index in [2.05, 4.69) is 10.5 Å². The Hall–Kier alpha value is -3.02. The molecule has 2 aromatic carbocycles. The Morgan fingerprint density at radius 1 is 1.17 bits per heavy atom. The Balaban J connectivity index is 1.52. The Labute approximate surface area is 216 Å². The summed E-state index contributed by atoms with van der Waals surface area (Å²) in [6, 6.07) is 7.41. The number of cyclic esters (lactones) is 1.